The molecule has 0 aliphatic rings. The molecule has 1 unspecified atom stereocenters. The number of esters is 1. The molecule has 1 atom stereocenters. The third-order valence-corrected chi connectivity index (χ3v) is 0.959. The van der Waals surface area contributed by atoms with Gasteiger partial charge in [-0.3, -0.25) is 0 Å². The van der Waals surface area contributed by atoms with E-state index in [2.05, 4.69) is 10.7 Å². The second-order valence-corrected chi connectivity index (χ2v) is 1.71. The fraction of sp³-hybridized carbons (Fsp3) is 0.571. The molecule has 0 rings (SSSR count). The van der Waals surface area contributed by atoms with E-state index in [1.807, 2.05) is 0 Å². The van der Waals surface area contributed by atoms with Crippen LogP contribution in [-0.4, -0.2) is 23.8 Å². The summed E-state index contributed by atoms with van der Waals surface area (Å²) in [6.45, 7) is 1.19. The van der Waals surface area contributed by atoms with E-state index in [-0.39, 0.29) is 0 Å². The van der Waals surface area contributed by atoms with Crippen LogP contribution < -0.4 is 0 Å². The topological polar surface area (TPSA) is 46.5 Å². The Morgan fingerprint density at radius 3 is 2.80 bits per heavy atom. The van der Waals surface area contributed by atoms with E-state index in [0.29, 0.717) is 6.42 Å². The summed E-state index contributed by atoms with van der Waals surface area (Å²) in [5, 5.41) is 8.23. The zero-order valence-electron chi connectivity index (χ0n) is 5.83. The Balaban J connectivity index is 3.66. The van der Waals surface area contributed by atoms with Gasteiger partial charge in [-0.25, -0.2) is 4.79 Å². The zero-order valence-corrected chi connectivity index (χ0v) is 5.83. The molecule has 0 aliphatic carbocycles. The summed E-state index contributed by atoms with van der Waals surface area (Å²) in [6.07, 6.45) is 5.05. The number of aliphatic hydroxyl groups is 1. The Labute approximate surface area is 60.0 Å². The van der Waals surface area contributed by atoms with E-state index in [9.17, 15) is 4.79 Å². The molecule has 3 heteroatoms. The minimum absolute atomic E-state index is 0.500. The molecule has 0 amide bonds. The zero-order chi connectivity index (χ0) is 7.98. The van der Waals surface area contributed by atoms with Gasteiger partial charge in [0, 0.05) is 0 Å². The van der Waals surface area contributed by atoms with Crippen LogP contribution in [0.15, 0.2) is 0 Å². The van der Waals surface area contributed by atoms with Crippen molar-refractivity contribution < 1.29 is 14.6 Å². The summed E-state index contributed by atoms with van der Waals surface area (Å²) < 4.78 is 4.57. The van der Waals surface area contributed by atoms with Gasteiger partial charge < -0.3 is 9.84 Å². The number of terminal acetylenes is 1. The Bertz CT molecular complexity index is 145. The molecule has 3 nitrogen and oxygen atoms in total. The lowest BCUT2D eigenvalue weighted by Gasteiger charge is -2.07. The maximum Gasteiger partial charge on any atom is 0.333 e. The monoisotopic (exact) mass is 142 g/mol. The third kappa shape index (κ3) is 3.10. The van der Waals surface area contributed by atoms with Gasteiger partial charge in [0.1, 0.15) is 6.61 Å². The van der Waals surface area contributed by atoms with Crippen LogP contribution in [0.25, 0.3) is 0 Å². The van der Waals surface area contributed by atoms with Crippen molar-refractivity contribution in [3.63, 3.8) is 0 Å². The summed E-state index contributed by atoms with van der Waals surface area (Å²) in [7, 11) is 0. The molecule has 0 spiro atoms. The second-order valence-electron chi connectivity index (χ2n) is 1.71. The van der Waals surface area contributed by atoms with Gasteiger partial charge in [0.05, 0.1) is 0 Å². The van der Waals surface area contributed by atoms with Gasteiger partial charge in [0.25, 0.3) is 0 Å². The van der Waals surface area contributed by atoms with Crippen LogP contribution in [0, 0.1) is 12.3 Å². The van der Waals surface area contributed by atoms with Crippen molar-refractivity contribution in [1.29, 1.82) is 0 Å². The van der Waals surface area contributed by atoms with Gasteiger partial charge in [0.15, 0.2) is 6.10 Å². The number of hydrogen-bond donors (Lipinski definition) is 1. The number of rotatable bonds is 3. The Morgan fingerprint density at radius 1 is 1.90 bits per heavy atom. The molecule has 0 saturated heterocycles. The van der Waals surface area contributed by atoms with Gasteiger partial charge >= 0.3 is 5.97 Å². The first-order chi connectivity index (χ1) is 4.74. The molecule has 10 heavy (non-hydrogen) atoms. The summed E-state index contributed by atoms with van der Waals surface area (Å²) in [6, 6.07) is 0. The molecule has 0 bridgehead atoms. The fourth-order valence-corrected chi connectivity index (χ4v) is 0.431. The standard InChI is InChI=1S/C7H10O3/c1-3-6(4-2)10-7(9)5-8/h1,6,8H,4-5H2,2H3. The van der Waals surface area contributed by atoms with E-state index in [1.54, 1.807) is 6.92 Å². The Kier molecular flexibility index (Phi) is 4.34. The molecular formula is C7H10O3. The molecule has 56 valence electrons. The van der Waals surface area contributed by atoms with Crippen molar-refractivity contribution in [2.45, 2.75) is 19.4 Å². The van der Waals surface area contributed by atoms with Crippen LogP contribution in [0.2, 0.25) is 0 Å². The molecule has 0 fully saturated rings. The fourth-order valence-electron chi connectivity index (χ4n) is 0.431. The van der Waals surface area contributed by atoms with E-state index < -0.39 is 18.7 Å². The molecule has 0 aromatic heterocycles. The van der Waals surface area contributed by atoms with Crippen molar-refractivity contribution in [2.75, 3.05) is 6.61 Å². The molecule has 0 aliphatic heterocycles. The van der Waals surface area contributed by atoms with Crippen LogP contribution in [-0.2, 0) is 9.53 Å². The number of ether oxygens (including phenoxy) is 1. The van der Waals surface area contributed by atoms with Gasteiger partial charge in [-0.15, -0.1) is 6.42 Å². The molecule has 0 aromatic rings. The van der Waals surface area contributed by atoms with E-state index in [4.69, 9.17) is 11.5 Å². The lowest BCUT2D eigenvalue weighted by molar-refractivity contribution is -0.149. The summed E-state index contributed by atoms with van der Waals surface area (Å²) in [4.78, 5) is 10.4. The highest BCUT2D eigenvalue weighted by Gasteiger charge is 2.06. The van der Waals surface area contributed by atoms with Crippen molar-refractivity contribution in [3.05, 3.63) is 0 Å². The van der Waals surface area contributed by atoms with Crippen LogP contribution in [0.1, 0.15) is 13.3 Å². The number of hydrogen-bond acceptors (Lipinski definition) is 3. The molecule has 0 heterocycles. The average Bonchev–Trinajstić information content (AvgIpc) is 1.99. The Morgan fingerprint density at radius 2 is 2.50 bits per heavy atom. The normalized spacial score (nSPS) is 11.7. The van der Waals surface area contributed by atoms with Gasteiger partial charge in [-0.1, -0.05) is 12.8 Å². The smallest absolute Gasteiger partial charge is 0.333 e. The lowest BCUT2D eigenvalue weighted by atomic mass is 10.3. The van der Waals surface area contributed by atoms with Crippen LogP contribution in [0.3, 0.4) is 0 Å². The van der Waals surface area contributed by atoms with Crippen LogP contribution >= 0.6 is 0 Å². The predicted molar refractivity (Wildman–Crippen MR) is 36.1 cm³/mol. The molecule has 0 aromatic carbocycles. The molecule has 0 saturated carbocycles. The highest BCUT2D eigenvalue weighted by Crippen LogP contribution is 1.95. The molecular weight excluding hydrogens is 132 g/mol. The first kappa shape index (κ1) is 8.99. The first-order valence-corrected chi connectivity index (χ1v) is 3.01. The van der Waals surface area contributed by atoms with Gasteiger partial charge in [-0.2, -0.15) is 0 Å². The average molecular weight is 142 g/mol. The summed E-state index contributed by atoms with van der Waals surface area (Å²) >= 11 is 0. The first-order valence-electron chi connectivity index (χ1n) is 3.01. The minimum atomic E-state index is -0.676. The minimum Gasteiger partial charge on any atom is -0.447 e. The summed E-state index contributed by atoms with van der Waals surface area (Å²) in [5.41, 5.74) is 0. The van der Waals surface area contributed by atoms with Gasteiger partial charge in [-0.05, 0) is 6.42 Å². The van der Waals surface area contributed by atoms with E-state index >= 15 is 0 Å². The van der Waals surface area contributed by atoms with Crippen molar-refractivity contribution in [1.82, 2.24) is 0 Å². The largest absolute Gasteiger partial charge is 0.447 e. The SMILES string of the molecule is C#CC(CC)OC(=O)CO. The van der Waals surface area contributed by atoms with Crippen LogP contribution in [0.5, 0.6) is 0 Å². The number of aliphatic hydroxyl groups excluding tert-OH is 1. The van der Waals surface area contributed by atoms with Gasteiger partial charge in [0.2, 0.25) is 0 Å². The second kappa shape index (κ2) is 4.83. The predicted octanol–water partition coefficient (Wildman–Crippen LogP) is -0.0663. The summed E-state index contributed by atoms with van der Waals surface area (Å²) in [5.74, 6) is 1.59. The highest BCUT2D eigenvalue weighted by atomic mass is 16.6. The van der Waals surface area contributed by atoms with Crippen LogP contribution in [0.4, 0.5) is 0 Å². The molecule has 0 radical (unpaired) electrons. The highest BCUT2D eigenvalue weighted by molar-refractivity contribution is 5.70. The Hall–Kier alpha value is -1.01. The van der Waals surface area contributed by atoms with E-state index in [0.717, 1.165) is 0 Å². The van der Waals surface area contributed by atoms with E-state index in [1.165, 1.54) is 0 Å². The molecule has 1 N–H and O–H groups in total. The van der Waals surface area contributed by atoms with Crippen molar-refractivity contribution in [3.8, 4) is 12.3 Å². The van der Waals surface area contributed by atoms with Crippen molar-refractivity contribution in [2.24, 2.45) is 0 Å². The quantitative estimate of drug-likeness (QED) is 0.443. The van der Waals surface area contributed by atoms with Crippen molar-refractivity contribution >= 4 is 5.97 Å². The number of carbonyl (C=O) groups is 1. The lowest BCUT2D eigenvalue weighted by Crippen LogP contribution is -2.17. The maximum atomic E-state index is 10.4. The third-order valence-electron chi connectivity index (χ3n) is 0.959. The number of carbonyl (C=O) groups excluding carboxylic acids is 1. The maximum absolute atomic E-state index is 10.4.